The molecule has 1 aromatic heterocycles. The molecule has 20 heavy (non-hydrogen) atoms. The maximum Gasteiger partial charge on any atom is 0.407 e. The number of carbonyl (C=O) groups excluding carboxylic acids is 2. The van der Waals surface area contributed by atoms with Crippen LogP contribution in [0.2, 0.25) is 0 Å². The summed E-state index contributed by atoms with van der Waals surface area (Å²) >= 11 is 1.28. The summed E-state index contributed by atoms with van der Waals surface area (Å²) in [4.78, 5) is 23.1. The van der Waals surface area contributed by atoms with Crippen LogP contribution in [0.3, 0.4) is 0 Å². The molecule has 6 nitrogen and oxygen atoms in total. The van der Waals surface area contributed by atoms with E-state index in [2.05, 4.69) is 10.1 Å². The van der Waals surface area contributed by atoms with Crippen LogP contribution in [0.1, 0.15) is 36.7 Å². The highest BCUT2D eigenvalue weighted by Gasteiger charge is 2.19. The second-order valence-corrected chi connectivity index (χ2v) is 6.08. The summed E-state index contributed by atoms with van der Waals surface area (Å²) in [6.45, 7) is 5.74. The Bertz CT molecular complexity index is 491. The third kappa shape index (κ3) is 4.73. The van der Waals surface area contributed by atoms with Crippen molar-refractivity contribution in [1.82, 2.24) is 5.32 Å². The van der Waals surface area contributed by atoms with Crippen molar-refractivity contribution < 1.29 is 19.1 Å². The topological polar surface area (TPSA) is 90.6 Å². The second kappa shape index (κ2) is 6.60. The number of anilines is 1. The van der Waals surface area contributed by atoms with E-state index in [-0.39, 0.29) is 0 Å². The zero-order valence-electron chi connectivity index (χ0n) is 12.1. The lowest BCUT2D eigenvalue weighted by atomic mass is 10.1. The first-order valence-electron chi connectivity index (χ1n) is 6.15. The number of thiophene rings is 1. The fraction of sp³-hybridized carbons (Fsp3) is 0.538. The van der Waals surface area contributed by atoms with Crippen LogP contribution in [-0.4, -0.2) is 31.3 Å². The van der Waals surface area contributed by atoms with Crippen LogP contribution < -0.4 is 11.1 Å². The Morgan fingerprint density at radius 1 is 1.40 bits per heavy atom. The molecule has 7 heteroatoms. The van der Waals surface area contributed by atoms with Gasteiger partial charge in [-0.25, -0.2) is 9.59 Å². The first kappa shape index (κ1) is 16.3. The number of hydrogen-bond donors (Lipinski definition) is 2. The highest BCUT2D eigenvalue weighted by atomic mass is 32.1. The van der Waals surface area contributed by atoms with Gasteiger partial charge in [-0.1, -0.05) is 0 Å². The van der Waals surface area contributed by atoms with Gasteiger partial charge in [-0.3, -0.25) is 0 Å². The van der Waals surface area contributed by atoms with Gasteiger partial charge in [0.05, 0.1) is 12.7 Å². The minimum Gasteiger partial charge on any atom is -0.465 e. The van der Waals surface area contributed by atoms with E-state index in [1.165, 1.54) is 18.4 Å². The number of alkyl carbamates (subject to hydrolysis) is 1. The number of rotatable bonds is 4. The number of nitrogens with one attached hydrogen (secondary N) is 1. The van der Waals surface area contributed by atoms with Crippen LogP contribution in [0.5, 0.6) is 0 Å². The number of carbonyl (C=O) groups is 2. The third-order valence-electron chi connectivity index (χ3n) is 2.35. The molecule has 112 valence electrons. The van der Waals surface area contributed by atoms with Gasteiger partial charge in [0.15, 0.2) is 0 Å². The minimum absolute atomic E-state index is 0.356. The minimum atomic E-state index is -0.534. The number of ether oxygens (including phenoxy) is 2. The SMILES string of the molecule is COC(=O)c1c(CCNC(=O)OC(C)(C)C)csc1N. The molecule has 0 spiro atoms. The smallest absolute Gasteiger partial charge is 0.407 e. The van der Waals surface area contributed by atoms with Gasteiger partial charge in [-0.2, -0.15) is 0 Å². The van der Waals surface area contributed by atoms with Gasteiger partial charge in [0.1, 0.15) is 10.6 Å². The molecule has 0 atom stereocenters. The van der Waals surface area contributed by atoms with E-state index in [1.54, 1.807) is 26.2 Å². The zero-order valence-corrected chi connectivity index (χ0v) is 12.9. The van der Waals surface area contributed by atoms with E-state index < -0.39 is 17.7 Å². The van der Waals surface area contributed by atoms with Gasteiger partial charge in [-0.05, 0) is 38.1 Å². The molecule has 0 aromatic carbocycles. The maximum absolute atomic E-state index is 11.6. The van der Waals surface area contributed by atoms with E-state index >= 15 is 0 Å². The molecule has 0 bridgehead atoms. The van der Waals surface area contributed by atoms with E-state index in [9.17, 15) is 9.59 Å². The van der Waals surface area contributed by atoms with E-state index in [0.29, 0.717) is 23.5 Å². The molecular formula is C13H20N2O4S. The molecule has 0 aliphatic rings. The predicted octanol–water partition coefficient (Wildman–Crippen LogP) is 2.18. The summed E-state index contributed by atoms with van der Waals surface area (Å²) in [6.07, 6.45) is -0.00231. The van der Waals surface area contributed by atoms with Crippen molar-refractivity contribution in [3.63, 3.8) is 0 Å². The molecule has 0 saturated carbocycles. The van der Waals surface area contributed by atoms with Crippen LogP contribution in [-0.2, 0) is 15.9 Å². The van der Waals surface area contributed by atoms with Gasteiger partial charge in [0.2, 0.25) is 0 Å². The van der Waals surface area contributed by atoms with Crippen molar-refractivity contribution in [1.29, 1.82) is 0 Å². The average molecular weight is 300 g/mol. The number of nitrogen functional groups attached to an aromatic ring is 1. The fourth-order valence-electron chi connectivity index (χ4n) is 1.54. The van der Waals surface area contributed by atoms with Crippen LogP contribution in [0.4, 0.5) is 9.80 Å². The molecular weight excluding hydrogens is 280 g/mol. The summed E-state index contributed by atoms with van der Waals surface area (Å²) in [5.74, 6) is -0.462. The molecule has 0 saturated heterocycles. The Morgan fingerprint density at radius 3 is 2.60 bits per heavy atom. The molecule has 3 N–H and O–H groups in total. The molecule has 1 rings (SSSR count). The summed E-state index contributed by atoms with van der Waals surface area (Å²) in [5, 5.41) is 4.84. The Balaban J connectivity index is 2.55. The number of nitrogens with two attached hydrogens (primary N) is 1. The molecule has 0 aliphatic carbocycles. The monoisotopic (exact) mass is 300 g/mol. The Hall–Kier alpha value is -1.76. The van der Waals surface area contributed by atoms with Crippen LogP contribution in [0, 0.1) is 0 Å². The summed E-state index contributed by atoms with van der Waals surface area (Å²) < 4.78 is 9.80. The summed E-state index contributed by atoms with van der Waals surface area (Å²) in [5.41, 5.74) is 6.34. The number of esters is 1. The van der Waals surface area contributed by atoms with Crippen molar-refractivity contribution in [2.75, 3.05) is 19.4 Å². The highest BCUT2D eigenvalue weighted by molar-refractivity contribution is 7.14. The van der Waals surface area contributed by atoms with Crippen molar-refractivity contribution in [2.45, 2.75) is 32.8 Å². The zero-order chi connectivity index (χ0) is 15.3. The standard InChI is InChI=1S/C13H20N2O4S/c1-13(2,3)19-12(17)15-6-5-8-7-20-10(14)9(8)11(16)18-4/h7H,5-6,14H2,1-4H3,(H,15,17). The van der Waals surface area contributed by atoms with Crippen LogP contribution >= 0.6 is 11.3 Å². The quantitative estimate of drug-likeness (QED) is 0.832. The Kier molecular flexibility index (Phi) is 5.38. The van der Waals surface area contributed by atoms with E-state index in [4.69, 9.17) is 10.5 Å². The number of hydrogen-bond acceptors (Lipinski definition) is 6. The lowest BCUT2D eigenvalue weighted by Gasteiger charge is -2.19. The van der Waals surface area contributed by atoms with E-state index in [1.807, 2.05) is 0 Å². The van der Waals surface area contributed by atoms with Crippen LogP contribution in [0.25, 0.3) is 0 Å². The van der Waals surface area contributed by atoms with E-state index in [0.717, 1.165) is 5.56 Å². The second-order valence-electron chi connectivity index (χ2n) is 5.17. The largest absolute Gasteiger partial charge is 0.465 e. The first-order chi connectivity index (χ1) is 9.24. The molecule has 0 fully saturated rings. The Labute approximate surface area is 122 Å². The highest BCUT2D eigenvalue weighted by Crippen LogP contribution is 2.26. The van der Waals surface area contributed by atoms with Crippen LogP contribution in [0.15, 0.2) is 5.38 Å². The van der Waals surface area contributed by atoms with Gasteiger partial charge in [0.25, 0.3) is 0 Å². The van der Waals surface area contributed by atoms with Gasteiger partial charge >= 0.3 is 12.1 Å². The van der Waals surface area contributed by atoms with Gasteiger partial charge < -0.3 is 20.5 Å². The molecule has 0 aliphatic heterocycles. The first-order valence-corrected chi connectivity index (χ1v) is 7.03. The molecule has 0 unspecified atom stereocenters. The number of amides is 1. The lowest BCUT2D eigenvalue weighted by molar-refractivity contribution is 0.0528. The number of methoxy groups -OCH3 is 1. The lowest BCUT2D eigenvalue weighted by Crippen LogP contribution is -2.33. The molecule has 1 heterocycles. The maximum atomic E-state index is 11.6. The normalized spacial score (nSPS) is 11.0. The Morgan fingerprint density at radius 2 is 2.05 bits per heavy atom. The van der Waals surface area contributed by atoms with Crippen molar-refractivity contribution in [3.8, 4) is 0 Å². The van der Waals surface area contributed by atoms with Crippen molar-refractivity contribution in [3.05, 3.63) is 16.5 Å². The molecule has 1 aromatic rings. The summed E-state index contributed by atoms with van der Waals surface area (Å²) in [6, 6.07) is 0. The third-order valence-corrected chi connectivity index (χ3v) is 3.21. The van der Waals surface area contributed by atoms with Crippen molar-refractivity contribution in [2.24, 2.45) is 0 Å². The van der Waals surface area contributed by atoms with Gasteiger partial charge in [0, 0.05) is 6.54 Å². The van der Waals surface area contributed by atoms with Gasteiger partial charge in [-0.15, -0.1) is 11.3 Å². The fourth-order valence-corrected chi connectivity index (χ4v) is 2.38. The molecule has 1 amide bonds. The average Bonchev–Trinajstić information content (AvgIpc) is 2.67. The molecule has 0 radical (unpaired) electrons. The predicted molar refractivity (Wildman–Crippen MR) is 78.0 cm³/mol. The summed E-state index contributed by atoms with van der Waals surface area (Å²) in [7, 11) is 1.31. The van der Waals surface area contributed by atoms with Crippen molar-refractivity contribution >= 4 is 28.4 Å².